The van der Waals surface area contributed by atoms with Crippen molar-refractivity contribution in [3.8, 4) is 0 Å². The summed E-state index contributed by atoms with van der Waals surface area (Å²) in [5.74, 6) is -2.48. The molecule has 0 radical (unpaired) electrons. The molecule has 1 aromatic carbocycles. The van der Waals surface area contributed by atoms with Crippen LogP contribution in [0.25, 0.3) is 6.08 Å². The zero-order chi connectivity index (χ0) is 14.4. The van der Waals surface area contributed by atoms with Crippen molar-refractivity contribution < 1.29 is 24.6 Å². The summed E-state index contributed by atoms with van der Waals surface area (Å²) >= 11 is 0. The molecule has 19 heavy (non-hydrogen) atoms. The molecule has 0 heterocycles. The van der Waals surface area contributed by atoms with E-state index in [9.17, 15) is 14.4 Å². The number of hydrogen-bond donors (Lipinski definition) is 3. The Bertz CT molecular complexity index is 548. The molecule has 1 rings (SSSR count). The van der Waals surface area contributed by atoms with Crippen LogP contribution in [-0.4, -0.2) is 34.6 Å². The van der Waals surface area contributed by atoms with Gasteiger partial charge in [0.15, 0.2) is 0 Å². The lowest BCUT2D eigenvalue weighted by Gasteiger charge is -2.03. The van der Waals surface area contributed by atoms with E-state index in [2.05, 4.69) is 5.32 Å². The molecule has 0 unspecified atom stereocenters. The Morgan fingerprint density at radius 1 is 1.21 bits per heavy atom. The van der Waals surface area contributed by atoms with Gasteiger partial charge in [-0.1, -0.05) is 12.2 Å². The maximum Gasteiger partial charge on any atom is 0.336 e. The highest BCUT2D eigenvalue weighted by Crippen LogP contribution is 2.14. The summed E-state index contributed by atoms with van der Waals surface area (Å²) < 4.78 is 0. The number of aromatic carboxylic acids is 2. The van der Waals surface area contributed by atoms with Crippen LogP contribution in [0.3, 0.4) is 0 Å². The zero-order valence-corrected chi connectivity index (χ0v) is 10.2. The Morgan fingerprint density at radius 3 is 2.42 bits per heavy atom. The summed E-state index contributed by atoms with van der Waals surface area (Å²) in [6, 6.07) is 3.75. The maximum absolute atomic E-state index is 11.0. The van der Waals surface area contributed by atoms with Gasteiger partial charge in [0.05, 0.1) is 11.1 Å². The summed E-state index contributed by atoms with van der Waals surface area (Å²) in [4.78, 5) is 32.5. The fraction of sp³-hybridized carbons (Fsp3) is 0.154. The molecular formula is C13H13NO5. The van der Waals surface area contributed by atoms with Gasteiger partial charge in [-0.15, -0.1) is 0 Å². The van der Waals surface area contributed by atoms with Crippen molar-refractivity contribution in [2.45, 2.75) is 6.92 Å². The van der Waals surface area contributed by atoms with Crippen molar-refractivity contribution in [1.29, 1.82) is 0 Å². The molecule has 0 bridgehead atoms. The van der Waals surface area contributed by atoms with E-state index in [1.54, 1.807) is 6.08 Å². The van der Waals surface area contributed by atoms with Gasteiger partial charge in [-0.3, -0.25) is 4.79 Å². The lowest BCUT2D eigenvalue weighted by molar-refractivity contribution is -0.118. The van der Waals surface area contributed by atoms with Crippen LogP contribution in [0.2, 0.25) is 0 Å². The van der Waals surface area contributed by atoms with Gasteiger partial charge in [0.2, 0.25) is 5.91 Å². The number of benzene rings is 1. The molecule has 3 N–H and O–H groups in total. The monoisotopic (exact) mass is 263 g/mol. The Balaban J connectivity index is 3.00. The van der Waals surface area contributed by atoms with E-state index in [1.807, 2.05) is 0 Å². The fourth-order valence-corrected chi connectivity index (χ4v) is 1.42. The second-order valence-electron chi connectivity index (χ2n) is 3.75. The molecular weight excluding hydrogens is 250 g/mol. The predicted octanol–water partition coefficient (Wildman–Crippen LogP) is 1.23. The molecule has 0 atom stereocenters. The van der Waals surface area contributed by atoms with Crippen molar-refractivity contribution in [2.24, 2.45) is 0 Å². The summed E-state index contributed by atoms with van der Waals surface area (Å²) in [5.41, 5.74) is 0.283. The van der Waals surface area contributed by atoms with Crippen molar-refractivity contribution in [3.05, 3.63) is 41.0 Å². The third-order valence-corrected chi connectivity index (χ3v) is 2.30. The lowest BCUT2D eigenvalue weighted by Crippen LogP contribution is -2.19. The minimum Gasteiger partial charge on any atom is -0.478 e. The molecule has 1 amide bonds. The number of carboxylic acids is 2. The maximum atomic E-state index is 11.0. The second-order valence-corrected chi connectivity index (χ2v) is 3.75. The highest BCUT2D eigenvalue weighted by Gasteiger charge is 2.11. The second kappa shape index (κ2) is 6.34. The van der Waals surface area contributed by atoms with Gasteiger partial charge in [0.25, 0.3) is 0 Å². The van der Waals surface area contributed by atoms with Gasteiger partial charge in [0, 0.05) is 13.5 Å². The van der Waals surface area contributed by atoms with Gasteiger partial charge < -0.3 is 15.5 Å². The van der Waals surface area contributed by atoms with Gasteiger partial charge in [-0.05, 0) is 23.8 Å². The highest BCUT2D eigenvalue weighted by molar-refractivity contribution is 5.95. The molecule has 0 saturated heterocycles. The molecule has 1 aromatic rings. The molecule has 0 aliphatic rings. The van der Waals surface area contributed by atoms with Crippen LogP contribution in [0, 0.1) is 0 Å². The van der Waals surface area contributed by atoms with Crippen molar-refractivity contribution in [3.63, 3.8) is 0 Å². The van der Waals surface area contributed by atoms with Crippen LogP contribution in [0.15, 0.2) is 24.3 Å². The molecule has 0 fully saturated rings. The Hall–Kier alpha value is -2.63. The molecule has 100 valence electrons. The quantitative estimate of drug-likeness (QED) is 0.741. The number of carboxylic acid groups (broad SMARTS) is 2. The highest BCUT2D eigenvalue weighted by atomic mass is 16.4. The van der Waals surface area contributed by atoms with Crippen LogP contribution >= 0.6 is 0 Å². The Labute approximate surface area is 109 Å². The minimum absolute atomic E-state index is 0.00377. The first kappa shape index (κ1) is 14.4. The average molecular weight is 263 g/mol. The summed E-state index contributed by atoms with van der Waals surface area (Å²) in [6.07, 6.45) is 3.01. The standard InChI is InChI=1S/C13H13NO5/c1-8(15)14-6-2-3-9-7-10(12(16)17)4-5-11(9)13(18)19/h2-5,7H,6H2,1H3,(H,14,15)(H,16,17)(H,18,19). The normalized spacial score (nSPS) is 10.4. The van der Waals surface area contributed by atoms with E-state index in [4.69, 9.17) is 10.2 Å². The molecule has 0 spiro atoms. The summed E-state index contributed by atoms with van der Waals surface area (Å²) in [7, 11) is 0. The molecule has 0 aliphatic carbocycles. The first-order chi connectivity index (χ1) is 8.91. The van der Waals surface area contributed by atoms with Crippen LogP contribution in [-0.2, 0) is 4.79 Å². The van der Waals surface area contributed by atoms with E-state index < -0.39 is 11.9 Å². The van der Waals surface area contributed by atoms with Gasteiger partial charge >= 0.3 is 11.9 Å². The Morgan fingerprint density at radius 2 is 1.89 bits per heavy atom. The van der Waals surface area contributed by atoms with Crippen LogP contribution in [0.1, 0.15) is 33.2 Å². The molecule has 0 saturated carbocycles. The van der Waals surface area contributed by atoms with E-state index in [0.717, 1.165) is 0 Å². The van der Waals surface area contributed by atoms with Crippen molar-refractivity contribution in [2.75, 3.05) is 6.54 Å². The first-order valence-electron chi connectivity index (χ1n) is 5.43. The molecule has 0 aromatic heterocycles. The van der Waals surface area contributed by atoms with Crippen LogP contribution < -0.4 is 5.32 Å². The van der Waals surface area contributed by atoms with E-state index in [0.29, 0.717) is 0 Å². The summed E-state index contributed by atoms with van der Waals surface area (Å²) in [5, 5.41) is 20.4. The first-order valence-corrected chi connectivity index (χ1v) is 5.43. The SMILES string of the molecule is CC(=O)NCC=Cc1cc(C(=O)O)ccc1C(=O)O. The van der Waals surface area contributed by atoms with Crippen LogP contribution in [0.4, 0.5) is 0 Å². The molecule has 6 nitrogen and oxygen atoms in total. The van der Waals surface area contributed by atoms with Gasteiger partial charge in [-0.2, -0.15) is 0 Å². The topological polar surface area (TPSA) is 104 Å². The Kier molecular flexibility index (Phi) is 4.82. The predicted molar refractivity (Wildman–Crippen MR) is 68.1 cm³/mol. The average Bonchev–Trinajstić information content (AvgIpc) is 2.33. The van der Waals surface area contributed by atoms with Gasteiger partial charge in [0.1, 0.15) is 0 Å². The van der Waals surface area contributed by atoms with Gasteiger partial charge in [-0.25, -0.2) is 9.59 Å². The minimum atomic E-state index is -1.14. The van der Waals surface area contributed by atoms with E-state index >= 15 is 0 Å². The van der Waals surface area contributed by atoms with Crippen LogP contribution in [0.5, 0.6) is 0 Å². The largest absolute Gasteiger partial charge is 0.478 e. The smallest absolute Gasteiger partial charge is 0.336 e. The van der Waals surface area contributed by atoms with Crippen molar-refractivity contribution >= 4 is 23.9 Å². The number of amides is 1. The third-order valence-electron chi connectivity index (χ3n) is 2.30. The lowest BCUT2D eigenvalue weighted by atomic mass is 10.0. The molecule has 0 aliphatic heterocycles. The number of nitrogens with one attached hydrogen (secondary N) is 1. The third kappa shape index (κ3) is 4.27. The number of carbonyl (C=O) groups is 3. The number of rotatable bonds is 5. The number of carbonyl (C=O) groups excluding carboxylic acids is 1. The van der Waals surface area contributed by atoms with E-state index in [1.165, 1.54) is 31.2 Å². The molecule has 6 heteroatoms. The zero-order valence-electron chi connectivity index (χ0n) is 10.2. The van der Waals surface area contributed by atoms with Crippen molar-refractivity contribution in [1.82, 2.24) is 5.32 Å². The van der Waals surface area contributed by atoms with E-state index in [-0.39, 0.29) is 29.1 Å². The number of hydrogen-bond acceptors (Lipinski definition) is 3. The summed E-state index contributed by atoms with van der Waals surface area (Å²) in [6.45, 7) is 1.60. The fourth-order valence-electron chi connectivity index (χ4n) is 1.42.